The van der Waals surface area contributed by atoms with Gasteiger partial charge >= 0.3 is 0 Å². The first-order valence-electron chi connectivity index (χ1n) is 8.45. The van der Waals surface area contributed by atoms with E-state index in [9.17, 15) is 9.59 Å². The van der Waals surface area contributed by atoms with Crippen molar-refractivity contribution in [2.75, 3.05) is 13.1 Å². The number of nitrogens with one attached hydrogen (secondary N) is 1. The minimum absolute atomic E-state index is 0.0972. The van der Waals surface area contributed by atoms with E-state index < -0.39 is 0 Å². The lowest BCUT2D eigenvalue weighted by Crippen LogP contribution is -2.39. The van der Waals surface area contributed by atoms with Crippen LogP contribution in [0, 0.1) is 6.92 Å². The number of piperidine rings is 1. The van der Waals surface area contributed by atoms with Crippen molar-refractivity contribution < 1.29 is 9.21 Å². The molecule has 1 unspecified atom stereocenters. The molecule has 0 aliphatic carbocycles. The van der Waals surface area contributed by atoms with E-state index in [1.54, 1.807) is 35.4 Å². The number of aromatic amines is 1. The molecule has 0 bridgehead atoms. The monoisotopic (exact) mass is 337 g/mol. The summed E-state index contributed by atoms with van der Waals surface area (Å²) in [6, 6.07) is 8.27. The topological polar surface area (TPSA) is 79.2 Å². The number of amides is 1. The third-order valence-corrected chi connectivity index (χ3v) is 4.66. The minimum Gasteiger partial charge on any atom is -0.451 e. The predicted molar refractivity (Wildman–Crippen MR) is 93.7 cm³/mol. The lowest BCUT2D eigenvalue weighted by molar-refractivity contribution is 0.0673. The first-order valence-corrected chi connectivity index (χ1v) is 8.45. The van der Waals surface area contributed by atoms with Gasteiger partial charge in [-0.25, -0.2) is 4.98 Å². The Morgan fingerprint density at radius 1 is 1.36 bits per heavy atom. The van der Waals surface area contributed by atoms with E-state index in [0.29, 0.717) is 24.1 Å². The van der Waals surface area contributed by atoms with Gasteiger partial charge in [-0.3, -0.25) is 9.59 Å². The highest BCUT2D eigenvalue weighted by molar-refractivity contribution is 5.93. The maximum atomic E-state index is 12.8. The number of likely N-dealkylation sites (tertiary alicyclic amines) is 1. The van der Waals surface area contributed by atoms with Crippen molar-refractivity contribution in [3.63, 3.8) is 0 Å². The van der Waals surface area contributed by atoms with Crippen LogP contribution < -0.4 is 5.43 Å². The zero-order chi connectivity index (χ0) is 17.4. The molecule has 0 saturated carbocycles. The van der Waals surface area contributed by atoms with Crippen LogP contribution in [0.15, 0.2) is 45.7 Å². The highest BCUT2D eigenvalue weighted by atomic mass is 16.3. The van der Waals surface area contributed by atoms with Gasteiger partial charge in [-0.1, -0.05) is 12.1 Å². The van der Waals surface area contributed by atoms with Crippen LogP contribution >= 0.6 is 0 Å². The van der Waals surface area contributed by atoms with Crippen LogP contribution in [0.3, 0.4) is 0 Å². The Kier molecular flexibility index (Phi) is 3.87. The second kappa shape index (κ2) is 6.20. The summed E-state index contributed by atoms with van der Waals surface area (Å²) in [7, 11) is 0. The largest absolute Gasteiger partial charge is 0.451 e. The fourth-order valence-corrected chi connectivity index (χ4v) is 3.39. The van der Waals surface area contributed by atoms with Gasteiger partial charge in [0.25, 0.3) is 5.91 Å². The van der Waals surface area contributed by atoms with Crippen molar-refractivity contribution in [1.82, 2.24) is 14.9 Å². The van der Waals surface area contributed by atoms with E-state index in [4.69, 9.17) is 4.42 Å². The van der Waals surface area contributed by atoms with Crippen LogP contribution in [0.5, 0.6) is 0 Å². The van der Waals surface area contributed by atoms with Crippen molar-refractivity contribution in [2.45, 2.75) is 25.7 Å². The minimum atomic E-state index is -0.240. The maximum absolute atomic E-state index is 12.8. The number of imidazole rings is 1. The Labute approximate surface area is 144 Å². The van der Waals surface area contributed by atoms with Crippen molar-refractivity contribution in [1.29, 1.82) is 0 Å². The Morgan fingerprint density at radius 2 is 2.20 bits per heavy atom. The number of aromatic nitrogens is 2. The number of hydrogen-bond acceptors (Lipinski definition) is 4. The van der Waals surface area contributed by atoms with E-state index in [-0.39, 0.29) is 23.0 Å². The van der Waals surface area contributed by atoms with E-state index in [0.717, 1.165) is 24.4 Å². The molecule has 2 aromatic heterocycles. The lowest BCUT2D eigenvalue weighted by Gasteiger charge is -2.31. The third-order valence-electron chi connectivity index (χ3n) is 4.66. The fraction of sp³-hybridized carbons (Fsp3) is 0.316. The standard InChI is InChI=1S/C19H19N3O3/c1-12-10-20-18(21-12)13-5-4-8-22(11-13)19(24)17-9-15(23)14-6-2-3-7-16(14)25-17/h2-3,6-7,9-10,13H,4-5,8,11H2,1H3,(H,20,21). The number of benzene rings is 1. The Hall–Kier alpha value is -2.89. The molecule has 1 aliphatic rings. The van der Waals surface area contributed by atoms with Crippen molar-refractivity contribution >= 4 is 16.9 Å². The van der Waals surface area contributed by atoms with Crippen LogP contribution in [0.2, 0.25) is 0 Å². The lowest BCUT2D eigenvalue weighted by atomic mass is 9.97. The Bertz CT molecular complexity index is 989. The number of carbonyl (C=O) groups excluding carboxylic acids is 1. The second-order valence-electron chi connectivity index (χ2n) is 6.51. The molecule has 1 aliphatic heterocycles. The van der Waals surface area contributed by atoms with Gasteiger partial charge in [0.1, 0.15) is 11.4 Å². The average molecular weight is 337 g/mol. The van der Waals surface area contributed by atoms with Crippen LogP contribution in [-0.4, -0.2) is 33.9 Å². The summed E-state index contributed by atoms with van der Waals surface area (Å²) >= 11 is 0. The molecule has 1 aromatic carbocycles. The Morgan fingerprint density at radius 3 is 3.00 bits per heavy atom. The SMILES string of the molecule is Cc1cnc(C2CCCN(C(=O)c3cc(=O)c4ccccc4o3)C2)[nH]1. The van der Waals surface area contributed by atoms with Crippen LogP contribution in [0.25, 0.3) is 11.0 Å². The summed E-state index contributed by atoms with van der Waals surface area (Å²) in [5, 5.41) is 0.488. The van der Waals surface area contributed by atoms with Crippen molar-refractivity contribution in [3.8, 4) is 0 Å². The van der Waals surface area contributed by atoms with Crippen LogP contribution in [-0.2, 0) is 0 Å². The first-order chi connectivity index (χ1) is 12.1. The predicted octanol–water partition coefficient (Wildman–Crippen LogP) is 2.84. The molecule has 3 heterocycles. The molecule has 1 fully saturated rings. The summed E-state index contributed by atoms with van der Waals surface area (Å²) in [5.74, 6) is 0.948. The van der Waals surface area contributed by atoms with Crippen LogP contribution in [0.4, 0.5) is 0 Å². The molecule has 1 N–H and O–H groups in total. The third kappa shape index (κ3) is 2.95. The normalized spacial score (nSPS) is 17.8. The zero-order valence-corrected chi connectivity index (χ0v) is 14.0. The summed E-state index contributed by atoms with van der Waals surface area (Å²) in [5.41, 5.74) is 1.26. The highest BCUT2D eigenvalue weighted by Crippen LogP contribution is 2.26. The van der Waals surface area contributed by atoms with Gasteiger partial charge < -0.3 is 14.3 Å². The quantitative estimate of drug-likeness (QED) is 0.780. The molecule has 25 heavy (non-hydrogen) atoms. The highest BCUT2D eigenvalue weighted by Gasteiger charge is 2.28. The van der Waals surface area contributed by atoms with E-state index >= 15 is 0 Å². The number of hydrogen-bond donors (Lipinski definition) is 1. The number of para-hydroxylation sites is 1. The first kappa shape index (κ1) is 15.6. The van der Waals surface area contributed by atoms with Gasteiger partial charge in [-0.05, 0) is 31.9 Å². The Balaban J connectivity index is 1.61. The van der Waals surface area contributed by atoms with E-state index in [2.05, 4.69) is 9.97 Å². The number of fused-ring (bicyclic) bond motifs is 1. The maximum Gasteiger partial charge on any atom is 0.289 e. The fourth-order valence-electron chi connectivity index (χ4n) is 3.39. The number of nitrogens with zero attached hydrogens (tertiary/aromatic N) is 2. The van der Waals surface area contributed by atoms with Crippen molar-refractivity contribution in [2.24, 2.45) is 0 Å². The van der Waals surface area contributed by atoms with Gasteiger partial charge in [-0.2, -0.15) is 0 Å². The zero-order valence-electron chi connectivity index (χ0n) is 14.0. The molecule has 4 rings (SSSR count). The summed E-state index contributed by atoms with van der Waals surface area (Å²) in [6.45, 7) is 3.19. The molecule has 6 heteroatoms. The average Bonchev–Trinajstić information content (AvgIpc) is 3.08. The van der Waals surface area contributed by atoms with Crippen molar-refractivity contribution in [3.05, 3.63) is 64.0 Å². The molecule has 1 saturated heterocycles. The summed E-state index contributed by atoms with van der Waals surface area (Å²) in [6.07, 6.45) is 3.69. The van der Waals surface area contributed by atoms with Gasteiger partial charge in [0.15, 0.2) is 11.2 Å². The van der Waals surface area contributed by atoms with E-state index in [1.165, 1.54) is 6.07 Å². The molecule has 1 amide bonds. The van der Waals surface area contributed by atoms with Crippen LogP contribution in [0.1, 0.15) is 40.8 Å². The number of carbonyl (C=O) groups is 1. The molecule has 3 aromatic rings. The number of H-pyrrole nitrogens is 1. The molecule has 128 valence electrons. The molecule has 6 nitrogen and oxygen atoms in total. The number of aryl methyl sites for hydroxylation is 1. The molecular formula is C19H19N3O3. The van der Waals surface area contributed by atoms with Gasteiger partial charge in [0.2, 0.25) is 0 Å². The molecule has 0 spiro atoms. The smallest absolute Gasteiger partial charge is 0.289 e. The molecule has 1 atom stereocenters. The second-order valence-corrected chi connectivity index (χ2v) is 6.51. The van der Waals surface area contributed by atoms with E-state index in [1.807, 2.05) is 6.92 Å². The molecule has 0 radical (unpaired) electrons. The van der Waals surface area contributed by atoms with Gasteiger partial charge in [0.05, 0.1) is 5.39 Å². The molecular weight excluding hydrogens is 318 g/mol. The number of rotatable bonds is 2. The summed E-state index contributed by atoms with van der Waals surface area (Å²) in [4.78, 5) is 34.5. The summed E-state index contributed by atoms with van der Waals surface area (Å²) < 4.78 is 5.69. The van der Waals surface area contributed by atoms with Gasteiger partial charge in [0, 0.05) is 37.0 Å². The van der Waals surface area contributed by atoms with Gasteiger partial charge in [-0.15, -0.1) is 0 Å².